The van der Waals surface area contributed by atoms with Crippen molar-refractivity contribution in [1.82, 2.24) is 4.98 Å². The molecule has 0 fully saturated rings. The molecule has 2 aromatic heterocycles. The van der Waals surface area contributed by atoms with Crippen molar-refractivity contribution in [3.63, 3.8) is 0 Å². The minimum absolute atomic E-state index is 0.334. The van der Waals surface area contributed by atoms with Gasteiger partial charge in [-0.3, -0.25) is 4.98 Å². The van der Waals surface area contributed by atoms with Gasteiger partial charge in [-0.2, -0.15) is 0 Å². The van der Waals surface area contributed by atoms with Crippen molar-refractivity contribution < 1.29 is 4.42 Å². The first-order valence-electron chi connectivity index (χ1n) is 6.31. The van der Waals surface area contributed by atoms with E-state index in [9.17, 15) is 4.79 Å². The maximum Gasteiger partial charge on any atom is 0.344 e. The highest BCUT2D eigenvalue weighted by Crippen LogP contribution is 2.23. The Morgan fingerprint density at radius 3 is 2.50 bits per heavy atom. The molecule has 0 saturated carbocycles. The van der Waals surface area contributed by atoms with Crippen LogP contribution in [0.15, 0.2) is 58.0 Å². The quantitative estimate of drug-likeness (QED) is 0.669. The molecular weight excluding hydrogens is 252 g/mol. The van der Waals surface area contributed by atoms with E-state index in [2.05, 4.69) is 4.98 Å². The van der Waals surface area contributed by atoms with Crippen LogP contribution < -0.4 is 10.5 Å². The van der Waals surface area contributed by atoms with Gasteiger partial charge in [-0.25, -0.2) is 4.79 Å². The Hall–Kier alpha value is -2.62. The van der Waals surface area contributed by atoms with E-state index >= 15 is 0 Å². The summed E-state index contributed by atoms with van der Waals surface area (Å²) in [5.41, 5.74) is 2.63. The zero-order valence-corrected chi connectivity index (χ0v) is 11.3. The zero-order valence-electron chi connectivity index (χ0n) is 11.3. The molecule has 0 spiro atoms. The van der Waals surface area contributed by atoms with Gasteiger partial charge in [0.1, 0.15) is 5.58 Å². The summed E-state index contributed by atoms with van der Waals surface area (Å²) in [6, 6.07) is 11.3. The monoisotopic (exact) mass is 266 g/mol. The predicted octanol–water partition coefficient (Wildman–Crippen LogP) is 2.92. The van der Waals surface area contributed by atoms with Gasteiger partial charge in [-0.15, -0.1) is 0 Å². The lowest BCUT2D eigenvalue weighted by atomic mass is 10.1. The van der Waals surface area contributed by atoms with Crippen molar-refractivity contribution in [2.45, 2.75) is 0 Å². The van der Waals surface area contributed by atoms with Crippen molar-refractivity contribution in [2.75, 3.05) is 19.0 Å². The first-order chi connectivity index (χ1) is 9.65. The molecule has 0 bridgehead atoms. The van der Waals surface area contributed by atoms with E-state index in [-0.39, 0.29) is 5.63 Å². The lowest BCUT2D eigenvalue weighted by Crippen LogP contribution is -2.08. The van der Waals surface area contributed by atoms with Gasteiger partial charge in [0.05, 0.1) is 5.56 Å². The Morgan fingerprint density at radius 2 is 1.80 bits per heavy atom. The molecular formula is C16H14N2O2. The van der Waals surface area contributed by atoms with E-state index in [1.54, 1.807) is 24.5 Å². The summed E-state index contributed by atoms with van der Waals surface area (Å²) in [4.78, 5) is 18.0. The number of fused-ring (bicyclic) bond motifs is 1. The summed E-state index contributed by atoms with van der Waals surface area (Å²) in [6.45, 7) is 0. The third-order valence-corrected chi connectivity index (χ3v) is 3.23. The van der Waals surface area contributed by atoms with Gasteiger partial charge in [-0.05, 0) is 35.9 Å². The second-order valence-electron chi connectivity index (χ2n) is 4.80. The molecule has 1 aromatic carbocycles. The molecule has 2 heterocycles. The number of nitrogens with zero attached hydrogens (tertiary/aromatic N) is 2. The van der Waals surface area contributed by atoms with Crippen LogP contribution in [0.25, 0.3) is 22.1 Å². The minimum Gasteiger partial charge on any atom is -0.422 e. The first-order valence-corrected chi connectivity index (χ1v) is 6.31. The van der Waals surface area contributed by atoms with Crippen molar-refractivity contribution in [1.29, 1.82) is 0 Å². The minimum atomic E-state index is -0.334. The van der Waals surface area contributed by atoms with Gasteiger partial charge in [0, 0.05) is 43.6 Å². The fourth-order valence-electron chi connectivity index (χ4n) is 2.11. The van der Waals surface area contributed by atoms with Gasteiger partial charge in [-0.1, -0.05) is 0 Å². The highest BCUT2D eigenvalue weighted by molar-refractivity contribution is 5.84. The van der Waals surface area contributed by atoms with Crippen molar-refractivity contribution in [3.05, 3.63) is 59.2 Å². The Kier molecular flexibility index (Phi) is 2.99. The Morgan fingerprint density at radius 1 is 1.05 bits per heavy atom. The van der Waals surface area contributed by atoms with E-state index in [1.165, 1.54) is 0 Å². The molecule has 0 radical (unpaired) electrons. The van der Waals surface area contributed by atoms with Gasteiger partial charge in [0.25, 0.3) is 0 Å². The number of hydrogen-bond donors (Lipinski definition) is 0. The molecule has 0 N–H and O–H groups in total. The summed E-state index contributed by atoms with van der Waals surface area (Å²) in [5, 5.41) is 0.905. The topological polar surface area (TPSA) is 46.3 Å². The first kappa shape index (κ1) is 12.4. The lowest BCUT2D eigenvalue weighted by molar-refractivity contribution is 0.563. The second kappa shape index (κ2) is 4.81. The highest BCUT2D eigenvalue weighted by Gasteiger charge is 2.08. The Bertz CT molecular complexity index is 808. The molecule has 0 amide bonds. The smallest absolute Gasteiger partial charge is 0.344 e. The predicted molar refractivity (Wildman–Crippen MR) is 80.0 cm³/mol. The van der Waals surface area contributed by atoms with Crippen LogP contribution in [-0.4, -0.2) is 19.1 Å². The van der Waals surface area contributed by atoms with Gasteiger partial charge in [0.15, 0.2) is 0 Å². The molecule has 0 atom stereocenters. The summed E-state index contributed by atoms with van der Waals surface area (Å²) >= 11 is 0. The molecule has 0 saturated heterocycles. The van der Waals surface area contributed by atoms with E-state index < -0.39 is 0 Å². The van der Waals surface area contributed by atoms with Crippen molar-refractivity contribution in [2.24, 2.45) is 0 Å². The largest absolute Gasteiger partial charge is 0.422 e. The molecule has 0 aliphatic rings. The normalized spacial score (nSPS) is 10.7. The molecule has 3 rings (SSSR count). The third-order valence-electron chi connectivity index (χ3n) is 3.23. The van der Waals surface area contributed by atoms with Crippen molar-refractivity contribution >= 4 is 16.7 Å². The highest BCUT2D eigenvalue weighted by atomic mass is 16.4. The zero-order chi connectivity index (χ0) is 14.1. The molecule has 4 heteroatoms. The van der Waals surface area contributed by atoms with Crippen LogP contribution in [0, 0.1) is 0 Å². The summed E-state index contributed by atoms with van der Waals surface area (Å²) in [6.07, 6.45) is 3.32. The molecule has 100 valence electrons. The van der Waals surface area contributed by atoms with Gasteiger partial charge >= 0.3 is 5.63 Å². The summed E-state index contributed by atoms with van der Waals surface area (Å²) < 4.78 is 5.44. The van der Waals surface area contributed by atoms with E-state index in [4.69, 9.17) is 4.42 Å². The molecule has 0 aliphatic heterocycles. The van der Waals surface area contributed by atoms with Crippen LogP contribution in [0.3, 0.4) is 0 Å². The maximum absolute atomic E-state index is 12.1. The van der Waals surface area contributed by atoms with Crippen LogP contribution in [-0.2, 0) is 0 Å². The van der Waals surface area contributed by atoms with Crippen molar-refractivity contribution in [3.8, 4) is 11.1 Å². The number of hydrogen-bond acceptors (Lipinski definition) is 4. The van der Waals surface area contributed by atoms with Crippen LogP contribution in [0.2, 0.25) is 0 Å². The average molecular weight is 266 g/mol. The second-order valence-corrected chi connectivity index (χ2v) is 4.80. The van der Waals surface area contributed by atoms with Crippen LogP contribution >= 0.6 is 0 Å². The van der Waals surface area contributed by atoms with E-state index in [0.717, 1.165) is 16.6 Å². The maximum atomic E-state index is 12.1. The standard InChI is InChI=1S/C16H14N2O2/c1-18(2)13-4-3-12-9-14(11-5-7-17-8-6-11)16(19)20-15(12)10-13/h3-10H,1-2H3. The van der Waals surface area contributed by atoms with Crippen LogP contribution in [0.4, 0.5) is 5.69 Å². The SMILES string of the molecule is CN(C)c1ccc2cc(-c3ccncc3)c(=O)oc2c1. The van der Waals surface area contributed by atoms with E-state index in [0.29, 0.717) is 11.1 Å². The average Bonchev–Trinajstić information content (AvgIpc) is 2.46. The van der Waals surface area contributed by atoms with Crippen LogP contribution in [0.1, 0.15) is 0 Å². The summed E-state index contributed by atoms with van der Waals surface area (Å²) in [7, 11) is 3.90. The molecule has 0 unspecified atom stereocenters. The molecule has 0 aliphatic carbocycles. The fourth-order valence-corrected chi connectivity index (χ4v) is 2.11. The van der Waals surface area contributed by atoms with E-state index in [1.807, 2.05) is 43.3 Å². The number of anilines is 1. The molecule has 20 heavy (non-hydrogen) atoms. The van der Waals surface area contributed by atoms with Gasteiger partial charge < -0.3 is 9.32 Å². The Labute approximate surface area is 116 Å². The fraction of sp³-hybridized carbons (Fsp3) is 0.125. The van der Waals surface area contributed by atoms with Crippen LogP contribution in [0.5, 0.6) is 0 Å². The molecule has 3 aromatic rings. The number of aromatic nitrogens is 1. The third kappa shape index (κ3) is 2.16. The number of pyridine rings is 1. The number of rotatable bonds is 2. The number of benzene rings is 1. The Balaban J connectivity index is 2.21. The van der Waals surface area contributed by atoms with Gasteiger partial charge in [0.2, 0.25) is 0 Å². The lowest BCUT2D eigenvalue weighted by Gasteiger charge is -2.12. The molecule has 4 nitrogen and oxygen atoms in total. The summed E-state index contributed by atoms with van der Waals surface area (Å²) in [5.74, 6) is 0.